The van der Waals surface area contributed by atoms with E-state index >= 15 is 0 Å². The number of anilines is 1. The monoisotopic (exact) mass is 315 g/mol. The molecule has 0 bridgehead atoms. The second-order valence-corrected chi connectivity index (χ2v) is 5.78. The average Bonchev–Trinajstić information content (AvgIpc) is 3.08. The van der Waals surface area contributed by atoms with Gasteiger partial charge in [0.2, 0.25) is 0 Å². The van der Waals surface area contributed by atoms with Gasteiger partial charge in [-0.3, -0.25) is 4.79 Å². The molecule has 2 aromatic rings. The van der Waals surface area contributed by atoms with Gasteiger partial charge in [-0.05, 0) is 56.5 Å². The fourth-order valence-electron chi connectivity index (χ4n) is 2.15. The van der Waals surface area contributed by atoms with Crippen LogP contribution in [0.4, 0.5) is 5.69 Å². The van der Waals surface area contributed by atoms with E-state index in [0.29, 0.717) is 5.56 Å². The summed E-state index contributed by atoms with van der Waals surface area (Å²) in [6, 6.07) is 11.6. The van der Waals surface area contributed by atoms with Gasteiger partial charge in [-0.1, -0.05) is 6.07 Å². The molecule has 0 fully saturated rings. The summed E-state index contributed by atoms with van der Waals surface area (Å²) in [7, 11) is 0. The molecule has 1 heterocycles. The van der Waals surface area contributed by atoms with Gasteiger partial charge in [0.25, 0.3) is 5.91 Å². The molecule has 0 saturated heterocycles. The van der Waals surface area contributed by atoms with Crippen LogP contribution in [-0.2, 0) is 0 Å². The van der Waals surface area contributed by atoms with Crippen molar-refractivity contribution in [3.8, 4) is 0 Å². The van der Waals surface area contributed by atoms with Crippen molar-refractivity contribution in [3.05, 3.63) is 52.2 Å². The maximum atomic E-state index is 12.1. The summed E-state index contributed by atoms with van der Waals surface area (Å²) in [5.74, 6) is -0.193. The van der Waals surface area contributed by atoms with Crippen molar-refractivity contribution in [2.75, 3.05) is 18.0 Å². The third kappa shape index (κ3) is 3.95. The third-order valence-corrected chi connectivity index (χ3v) is 4.44. The maximum absolute atomic E-state index is 12.1. The van der Waals surface area contributed by atoms with Gasteiger partial charge in [0, 0.05) is 29.2 Å². The zero-order valence-corrected chi connectivity index (χ0v) is 14.0. The van der Waals surface area contributed by atoms with E-state index in [1.54, 1.807) is 11.3 Å². The molecule has 1 amide bonds. The minimum atomic E-state index is -0.193. The van der Waals surface area contributed by atoms with Gasteiger partial charge >= 0.3 is 0 Å². The summed E-state index contributed by atoms with van der Waals surface area (Å²) in [5, 5.41) is 6.14. The maximum Gasteiger partial charge on any atom is 0.271 e. The normalized spacial score (nSPS) is 11.3. The Morgan fingerprint density at radius 1 is 1.18 bits per heavy atom. The summed E-state index contributed by atoms with van der Waals surface area (Å²) in [6.45, 7) is 8.02. The highest BCUT2D eigenvalue weighted by atomic mass is 32.1. The molecule has 2 rings (SSSR count). The lowest BCUT2D eigenvalue weighted by atomic mass is 10.2. The quantitative estimate of drug-likeness (QED) is 0.652. The number of carbonyl (C=O) groups is 1. The predicted molar refractivity (Wildman–Crippen MR) is 94.0 cm³/mol. The van der Waals surface area contributed by atoms with E-state index < -0.39 is 0 Å². The topological polar surface area (TPSA) is 44.7 Å². The summed E-state index contributed by atoms with van der Waals surface area (Å²) in [6.07, 6.45) is 0. The van der Waals surface area contributed by atoms with Crippen molar-refractivity contribution in [2.24, 2.45) is 5.10 Å². The number of hydrogen-bond donors (Lipinski definition) is 1. The summed E-state index contributed by atoms with van der Waals surface area (Å²) in [4.78, 5) is 15.4. The van der Waals surface area contributed by atoms with E-state index in [0.717, 1.165) is 29.4 Å². The zero-order valence-electron chi connectivity index (χ0n) is 13.2. The molecule has 1 N–H and O–H groups in total. The Kier molecular flexibility index (Phi) is 5.72. The molecule has 1 aromatic heterocycles. The molecule has 0 aliphatic rings. The number of nitrogens with one attached hydrogen (secondary N) is 1. The van der Waals surface area contributed by atoms with Crippen LogP contribution in [0, 0.1) is 0 Å². The van der Waals surface area contributed by atoms with E-state index in [1.807, 2.05) is 48.7 Å². The molecular formula is C17H21N3OS. The SMILES string of the molecule is CCN(CC)c1ccc(C(=O)NN=C(C)c2cccs2)cc1. The van der Waals surface area contributed by atoms with Crippen molar-refractivity contribution < 1.29 is 4.79 Å². The van der Waals surface area contributed by atoms with Crippen molar-refractivity contribution in [1.29, 1.82) is 0 Å². The molecular weight excluding hydrogens is 294 g/mol. The molecule has 4 nitrogen and oxygen atoms in total. The number of nitrogens with zero attached hydrogens (tertiary/aromatic N) is 2. The molecule has 0 atom stereocenters. The summed E-state index contributed by atoms with van der Waals surface area (Å²) < 4.78 is 0. The molecule has 0 spiro atoms. The summed E-state index contributed by atoms with van der Waals surface area (Å²) in [5.41, 5.74) is 5.15. The van der Waals surface area contributed by atoms with Gasteiger partial charge in [0.1, 0.15) is 0 Å². The highest BCUT2D eigenvalue weighted by molar-refractivity contribution is 7.12. The Labute approximate surface area is 135 Å². The minimum absolute atomic E-state index is 0.193. The van der Waals surface area contributed by atoms with Gasteiger partial charge in [-0.25, -0.2) is 5.43 Å². The molecule has 116 valence electrons. The first-order valence-corrected chi connectivity index (χ1v) is 8.27. The Morgan fingerprint density at radius 3 is 2.41 bits per heavy atom. The van der Waals surface area contributed by atoms with Crippen LogP contribution in [0.3, 0.4) is 0 Å². The number of hydrogen-bond acceptors (Lipinski definition) is 4. The Bertz CT molecular complexity index is 628. The smallest absolute Gasteiger partial charge is 0.271 e. The largest absolute Gasteiger partial charge is 0.372 e. The molecule has 0 radical (unpaired) electrons. The van der Waals surface area contributed by atoms with Gasteiger partial charge in [-0.2, -0.15) is 5.10 Å². The van der Waals surface area contributed by atoms with Gasteiger partial charge in [0.05, 0.1) is 5.71 Å². The lowest BCUT2D eigenvalue weighted by Gasteiger charge is -2.20. The van der Waals surface area contributed by atoms with Crippen LogP contribution in [0.25, 0.3) is 0 Å². The predicted octanol–water partition coefficient (Wildman–Crippen LogP) is 3.75. The standard InChI is InChI=1S/C17H21N3OS/c1-4-20(5-2)15-10-8-14(9-11-15)17(21)19-18-13(3)16-7-6-12-22-16/h6-12H,4-5H2,1-3H3,(H,19,21). The van der Waals surface area contributed by atoms with Crippen molar-refractivity contribution in [1.82, 2.24) is 5.43 Å². The van der Waals surface area contributed by atoms with Crippen LogP contribution in [0.5, 0.6) is 0 Å². The molecule has 1 aromatic carbocycles. The van der Waals surface area contributed by atoms with Crippen molar-refractivity contribution in [2.45, 2.75) is 20.8 Å². The van der Waals surface area contributed by atoms with Crippen LogP contribution < -0.4 is 10.3 Å². The highest BCUT2D eigenvalue weighted by Crippen LogP contribution is 2.15. The van der Waals surface area contributed by atoms with E-state index in [2.05, 4.69) is 29.3 Å². The second kappa shape index (κ2) is 7.75. The number of thiophene rings is 1. The fourth-order valence-corrected chi connectivity index (χ4v) is 2.83. The van der Waals surface area contributed by atoms with Crippen LogP contribution >= 0.6 is 11.3 Å². The van der Waals surface area contributed by atoms with E-state index in [4.69, 9.17) is 0 Å². The van der Waals surface area contributed by atoms with Crippen molar-refractivity contribution in [3.63, 3.8) is 0 Å². The molecule has 0 unspecified atom stereocenters. The lowest BCUT2D eigenvalue weighted by Crippen LogP contribution is -2.22. The number of rotatable bonds is 6. The number of hydrazone groups is 1. The summed E-state index contributed by atoms with van der Waals surface area (Å²) >= 11 is 1.60. The molecule has 22 heavy (non-hydrogen) atoms. The first-order valence-electron chi connectivity index (χ1n) is 7.39. The number of amides is 1. The Balaban J connectivity index is 2.02. The first kappa shape index (κ1) is 16.2. The lowest BCUT2D eigenvalue weighted by molar-refractivity contribution is 0.0955. The van der Waals surface area contributed by atoms with Crippen LogP contribution in [-0.4, -0.2) is 24.7 Å². The fraction of sp³-hybridized carbons (Fsp3) is 0.294. The molecule has 5 heteroatoms. The Morgan fingerprint density at radius 2 is 1.86 bits per heavy atom. The molecule has 0 aliphatic heterocycles. The second-order valence-electron chi connectivity index (χ2n) is 4.83. The highest BCUT2D eigenvalue weighted by Gasteiger charge is 2.07. The van der Waals surface area contributed by atoms with Crippen LogP contribution in [0.1, 0.15) is 36.0 Å². The Hall–Kier alpha value is -2.14. The first-order chi connectivity index (χ1) is 10.7. The van der Waals surface area contributed by atoms with Crippen LogP contribution in [0.15, 0.2) is 46.9 Å². The van der Waals surface area contributed by atoms with Gasteiger partial charge in [-0.15, -0.1) is 11.3 Å². The van der Waals surface area contributed by atoms with Gasteiger partial charge in [0.15, 0.2) is 0 Å². The average molecular weight is 315 g/mol. The van der Waals surface area contributed by atoms with Crippen LogP contribution in [0.2, 0.25) is 0 Å². The third-order valence-electron chi connectivity index (χ3n) is 3.46. The molecule has 0 saturated carbocycles. The van der Waals surface area contributed by atoms with E-state index in [1.165, 1.54) is 0 Å². The minimum Gasteiger partial charge on any atom is -0.372 e. The van der Waals surface area contributed by atoms with E-state index in [9.17, 15) is 4.79 Å². The number of benzene rings is 1. The van der Waals surface area contributed by atoms with Crippen molar-refractivity contribution >= 4 is 28.6 Å². The van der Waals surface area contributed by atoms with E-state index in [-0.39, 0.29) is 5.91 Å². The zero-order chi connectivity index (χ0) is 15.9. The number of carbonyl (C=O) groups excluding carboxylic acids is 1. The van der Waals surface area contributed by atoms with Gasteiger partial charge < -0.3 is 4.90 Å². The molecule has 0 aliphatic carbocycles.